The van der Waals surface area contributed by atoms with Gasteiger partial charge in [-0.3, -0.25) is 9.69 Å². The molecule has 0 bridgehead atoms. The molecule has 1 atom stereocenters. The number of carbonyl (C=O) groups excluding carboxylic acids is 3. The predicted molar refractivity (Wildman–Crippen MR) is 98.4 cm³/mol. The van der Waals surface area contributed by atoms with Gasteiger partial charge in [0.15, 0.2) is 0 Å². The maximum absolute atomic E-state index is 12.4. The molecule has 0 aromatic carbocycles. The first kappa shape index (κ1) is 24.0. The Kier molecular flexibility index (Phi) is 9.40. The van der Waals surface area contributed by atoms with E-state index in [4.69, 9.17) is 20.9 Å². The Hall–Kier alpha value is -2.03. The number of hydrogen-bond donors (Lipinski definition) is 3. The fraction of sp³-hybridized carbons (Fsp3) is 0.824. The maximum Gasteiger partial charge on any atom is 0.410 e. The molecule has 0 aromatic rings. The quantitative estimate of drug-likeness (QED) is 0.586. The first-order chi connectivity index (χ1) is 11.8. The third kappa shape index (κ3) is 10.8. The van der Waals surface area contributed by atoms with Crippen LogP contribution in [-0.4, -0.2) is 59.9 Å². The van der Waals surface area contributed by atoms with Gasteiger partial charge in [-0.15, -0.1) is 0 Å². The third-order valence-corrected chi connectivity index (χ3v) is 3.02. The number of carbonyl (C=O) groups is 3. The lowest BCUT2D eigenvalue weighted by Gasteiger charge is -2.32. The Morgan fingerprint density at radius 2 is 1.58 bits per heavy atom. The standard InChI is InChI=1S/C17H34N4O5/c1-16(2,3)25-14(23)20-10-8-12(13(19)22)21(11-7-9-18)15(24)26-17(4,5)6/h12H,7-11,18H2,1-6H3,(H2,19,22)(H,20,23)/t12-/m0/s1. The summed E-state index contributed by atoms with van der Waals surface area (Å²) in [5.74, 6) is -0.682. The van der Waals surface area contributed by atoms with Crippen molar-refractivity contribution in [2.45, 2.75) is 71.6 Å². The summed E-state index contributed by atoms with van der Waals surface area (Å²) in [4.78, 5) is 37.3. The number of nitrogens with two attached hydrogens (primary N) is 2. The van der Waals surface area contributed by atoms with E-state index in [-0.39, 0.29) is 19.5 Å². The fourth-order valence-corrected chi connectivity index (χ4v) is 2.03. The van der Waals surface area contributed by atoms with Crippen molar-refractivity contribution >= 4 is 18.1 Å². The minimum atomic E-state index is -0.925. The summed E-state index contributed by atoms with van der Waals surface area (Å²) in [6, 6.07) is -0.925. The molecule has 0 aliphatic rings. The zero-order chi connectivity index (χ0) is 20.5. The largest absolute Gasteiger partial charge is 0.444 e. The van der Waals surface area contributed by atoms with Gasteiger partial charge in [0, 0.05) is 13.1 Å². The van der Waals surface area contributed by atoms with Crippen LogP contribution in [0.15, 0.2) is 0 Å². The van der Waals surface area contributed by atoms with Gasteiger partial charge in [-0.25, -0.2) is 9.59 Å². The number of ether oxygens (including phenoxy) is 2. The average Bonchev–Trinajstić information content (AvgIpc) is 2.41. The van der Waals surface area contributed by atoms with Crippen LogP contribution in [0.25, 0.3) is 0 Å². The molecule has 9 nitrogen and oxygen atoms in total. The Bertz CT molecular complexity index is 483. The van der Waals surface area contributed by atoms with E-state index >= 15 is 0 Å². The van der Waals surface area contributed by atoms with Gasteiger partial charge in [0.25, 0.3) is 0 Å². The molecule has 0 saturated heterocycles. The maximum atomic E-state index is 12.4. The number of primary amides is 1. The molecule has 0 unspecified atom stereocenters. The molecule has 3 amide bonds. The molecule has 26 heavy (non-hydrogen) atoms. The molecule has 5 N–H and O–H groups in total. The molecule has 9 heteroatoms. The minimum absolute atomic E-state index is 0.116. The number of nitrogens with one attached hydrogen (secondary N) is 1. The number of amides is 3. The van der Waals surface area contributed by atoms with Crippen LogP contribution in [0.5, 0.6) is 0 Å². The van der Waals surface area contributed by atoms with E-state index in [1.165, 1.54) is 4.90 Å². The predicted octanol–water partition coefficient (Wildman–Crippen LogP) is 1.34. The summed E-state index contributed by atoms with van der Waals surface area (Å²) < 4.78 is 10.5. The Morgan fingerprint density at radius 3 is 2.00 bits per heavy atom. The molecule has 0 aromatic heterocycles. The van der Waals surface area contributed by atoms with Crippen molar-refractivity contribution in [3.8, 4) is 0 Å². The van der Waals surface area contributed by atoms with Crippen molar-refractivity contribution in [3.63, 3.8) is 0 Å². The summed E-state index contributed by atoms with van der Waals surface area (Å²) in [6.45, 7) is 11.1. The SMILES string of the molecule is CC(C)(C)OC(=O)NCC[C@@H](C(N)=O)N(CCCN)C(=O)OC(C)(C)C. The van der Waals surface area contributed by atoms with Crippen LogP contribution in [-0.2, 0) is 14.3 Å². The molecule has 0 aliphatic heterocycles. The lowest BCUT2D eigenvalue weighted by atomic mass is 10.1. The van der Waals surface area contributed by atoms with Gasteiger partial charge in [-0.2, -0.15) is 0 Å². The number of nitrogens with zero attached hydrogens (tertiary/aromatic N) is 1. The Labute approximate surface area is 155 Å². The molecule has 0 aliphatic carbocycles. The minimum Gasteiger partial charge on any atom is -0.444 e. The molecule has 152 valence electrons. The van der Waals surface area contributed by atoms with E-state index in [1.54, 1.807) is 41.5 Å². The summed E-state index contributed by atoms with van der Waals surface area (Å²) >= 11 is 0. The molecule has 0 saturated carbocycles. The van der Waals surface area contributed by atoms with Crippen LogP contribution in [0.4, 0.5) is 9.59 Å². The summed E-state index contributed by atoms with van der Waals surface area (Å²) in [6.07, 6.45) is -0.625. The first-order valence-electron chi connectivity index (χ1n) is 8.72. The van der Waals surface area contributed by atoms with Gasteiger partial charge in [0.2, 0.25) is 5.91 Å². The van der Waals surface area contributed by atoms with Gasteiger partial charge in [0.05, 0.1) is 0 Å². The van der Waals surface area contributed by atoms with E-state index in [1.807, 2.05) is 0 Å². The smallest absolute Gasteiger partial charge is 0.410 e. The van der Waals surface area contributed by atoms with Gasteiger partial charge >= 0.3 is 12.2 Å². The molecule has 0 rings (SSSR count). The number of alkyl carbamates (subject to hydrolysis) is 1. The van der Waals surface area contributed by atoms with Crippen molar-refractivity contribution in [3.05, 3.63) is 0 Å². The molecule has 0 radical (unpaired) electrons. The van der Waals surface area contributed by atoms with E-state index < -0.39 is 35.3 Å². The van der Waals surface area contributed by atoms with Crippen LogP contribution in [0.3, 0.4) is 0 Å². The van der Waals surface area contributed by atoms with Gasteiger partial charge < -0.3 is 26.3 Å². The Balaban J connectivity index is 4.97. The summed E-state index contributed by atoms with van der Waals surface area (Å²) in [5, 5.41) is 2.55. The lowest BCUT2D eigenvalue weighted by Crippen LogP contribution is -2.51. The van der Waals surface area contributed by atoms with Crippen LogP contribution < -0.4 is 16.8 Å². The second-order valence-corrected chi connectivity index (χ2v) is 7.95. The van der Waals surface area contributed by atoms with Crippen molar-refractivity contribution < 1.29 is 23.9 Å². The van der Waals surface area contributed by atoms with Gasteiger partial charge in [0.1, 0.15) is 17.2 Å². The molecular formula is C17H34N4O5. The van der Waals surface area contributed by atoms with E-state index in [0.717, 1.165) is 0 Å². The number of rotatable bonds is 8. The zero-order valence-electron chi connectivity index (χ0n) is 16.8. The lowest BCUT2D eigenvalue weighted by molar-refractivity contribution is -0.123. The highest BCUT2D eigenvalue weighted by Crippen LogP contribution is 2.14. The van der Waals surface area contributed by atoms with E-state index in [2.05, 4.69) is 5.32 Å². The highest BCUT2D eigenvalue weighted by atomic mass is 16.6. The monoisotopic (exact) mass is 374 g/mol. The second-order valence-electron chi connectivity index (χ2n) is 7.95. The van der Waals surface area contributed by atoms with Crippen molar-refractivity contribution in [1.29, 1.82) is 0 Å². The third-order valence-electron chi connectivity index (χ3n) is 3.02. The van der Waals surface area contributed by atoms with E-state index in [9.17, 15) is 14.4 Å². The van der Waals surface area contributed by atoms with Crippen LogP contribution in [0.2, 0.25) is 0 Å². The van der Waals surface area contributed by atoms with Gasteiger partial charge in [-0.05, 0) is 60.9 Å². The van der Waals surface area contributed by atoms with Crippen LogP contribution in [0, 0.1) is 0 Å². The Morgan fingerprint density at radius 1 is 1.04 bits per heavy atom. The fourth-order valence-electron chi connectivity index (χ4n) is 2.03. The normalized spacial score (nSPS) is 12.9. The van der Waals surface area contributed by atoms with Crippen molar-refractivity contribution in [2.75, 3.05) is 19.6 Å². The highest BCUT2D eigenvalue weighted by molar-refractivity contribution is 5.84. The highest BCUT2D eigenvalue weighted by Gasteiger charge is 2.31. The van der Waals surface area contributed by atoms with E-state index in [0.29, 0.717) is 13.0 Å². The topological polar surface area (TPSA) is 137 Å². The molecule has 0 fully saturated rings. The van der Waals surface area contributed by atoms with Crippen LogP contribution in [0.1, 0.15) is 54.4 Å². The average molecular weight is 374 g/mol. The van der Waals surface area contributed by atoms with Crippen LogP contribution >= 0.6 is 0 Å². The first-order valence-corrected chi connectivity index (χ1v) is 8.72. The molecular weight excluding hydrogens is 340 g/mol. The van der Waals surface area contributed by atoms with Gasteiger partial charge in [-0.1, -0.05) is 0 Å². The van der Waals surface area contributed by atoms with Crippen molar-refractivity contribution in [2.24, 2.45) is 11.5 Å². The molecule has 0 heterocycles. The zero-order valence-corrected chi connectivity index (χ0v) is 16.8. The van der Waals surface area contributed by atoms with Crippen molar-refractivity contribution in [1.82, 2.24) is 10.2 Å². The number of hydrogen-bond acceptors (Lipinski definition) is 6. The summed E-state index contributed by atoms with van der Waals surface area (Å²) in [7, 11) is 0. The second kappa shape index (κ2) is 10.2. The summed E-state index contributed by atoms with van der Waals surface area (Å²) in [5.41, 5.74) is 9.64. The molecule has 0 spiro atoms.